The maximum Gasteiger partial charge on any atom is 0.244 e. The number of benzene rings is 2. The van der Waals surface area contributed by atoms with E-state index in [0.717, 1.165) is 23.4 Å². The fourth-order valence-electron chi connectivity index (χ4n) is 3.85. The molecule has 210 valence electrons. The van der Waals surface area contributed by atoms with Gasteiger partial charge in [0.05, 0.1) is 26.2 Å². The number of nitrogens with zero attached hydrogens (tertiary/aromatic N) is 2. The zero-order chi connectivity index (χ0) is 28.5. The average Bonchev–Trinajstić information content (AvgIpc) is 2.87. The molecular weight excluding hydrogens is 553 g/mol. The molecule has 0 radical (unpaired) electrons. The van der Waals surface area contributed by atoms with Gasteiger partial charge >= 0.3 is 0 Å². The van der Waals surface area contributed by atoms with Crippen LogP contribution in [0.4, 0.5) is 5.69 Å². The van der Waals surface area contributed by atoms with Crippen molar-refractivity contribution < 1.29 is 27.5 Å². The minimum absolute atomic E-state index is 0.0158. The summed E-state index contributed by atoms with van der Waals surface area (Å²) < 4.78 is 37.1. The van der Waals surface area contributed by atoms with Crippen LogP contribution in [0.5, 0.6) is 11.5 Å². The molecule has 2 aromatic carbocycles. The SMILES string of the molecule is CCCCNC(=O)[C@H](CC)N(Cc1ccc(Cl)cc1Cl)C(=O)CN(c1ccc(OC)c(OC)c1)S(C)(=O)=O. The van der Waals surface area contributed by atoms with Crippen LogP contribution in [-0.4, -0.2) is 64.7 Å². The summed E-state index contributed by atoms with van der Waals surface area (Å²) in [4.78, 5) is 28.2. The number of halogens is 2. The maximum absolute atomic E-state index is 13.8. The van der Waals surface area contributed by atoms with Crippen molar-refractivity contribution in [1.29, 1.82) is 0 Å². The summed E-state index contributed by atoms with van der Waals surface area (Å²) in [5.74, 6) is -0.187. The first-order valence-corrected chi connectivity index (χ1v) is 14.8. The molecule has 9 nitrogen and oxygen atoms in total. The van der Waals surface area contributed by atoms with Gasteiger partial charge in [-0.2, -0.15) is 0 Å². The predicted octanol–water partition coefficient (Wildman–Crippen LogP) is 4.50. The number of carbonyl (C=O) groups is 2. The van der Waals surface area contributed by atoms with Crippen LogP contribution in [0.2, 0.25) is 10.0 Å². The van der Waals surface area contributed by atoms with Crippen molar-refractivity contribution in [3.63, 3.8) is 0 Å². The number of unbranched alkanes of at least 4 members (excludes halogenated alkanes) is 1. The molecule has 38 heavy (non-hydrogen) atoms. The van der Waals surface area contributed by atoms with Crippen LogP contribution in [0.25, 0.3) is 0 Å². The second-order valence-electron chi connectivity index (χ2n) is 8.63. The third-order valence-corrected chi connectivity index (χ3v) is 7.63. The third kappa shape index (κ3) is 8.41. The van der Waals surface area contributed by atoms with Gasteiger partial charge in [0.15, 0.2) is 11.5 Å². The number of rotatable bonds is 14. The van der Waals surface area contributed by atoms with Gasteiger partial charge in [-0.05, 0) is 42.7 Å². The molecule has 0 fully saturated rings. The minimum Gasteiger partial charge on any atom is -0.493 e. The quantitative estimate of drug-likeness (QED) is 0.326. The van der Waals surface area contributed by atoms with Crippen LogP contribution in [-0.2, 0) is 26.2 Å². The number of anilines is 1. The Bertz CT molecular complexity index is 1230. The van der Waals surface area contributed by atoms with Crippen LogP contribution in [0, 0.1) is 0 Å². The highest BCUT2D eigenvalue weighted by Crippen LogP contribution is 2.32. The van der Waals surface area contributed by atoms with Gasteiger partial charge in [-0.3, -0.25) is 13.9 Å². The summed E-state index contributed by atoms with van der Waals surface area (Å²) in [5.41, 5.74) is 0.782. The molecule has 0 aliphatic rings. The molecule has 12 heteroatoms. The van der Waals surface area contributed by atoms with Crippen molar-refractivity contribution in [3.8, 4) is 11.5 Å². The molecule has 1 N–H and O–H groups in total. The average molecular weight is 589 g/mol. The first-order chi connectivity index (χ1) is 18.0. The number of carbonyl (C=O) groups excluding carboxylic acids is 2. The van der Waals surface area contributed by atoms with Crippen LogP contribution >= 0.6 is 23.2 Å². The number of ether oxygens (including phenoxy) is 2. The summed E-state index contributed by atoms with van der Waals surface area (Å²) >= 11 is 12.4. The van der Waals surface area contributed by atoms with Crippen LogP contribution in [0.15, 0.2) is 36.4 Å². The number of amides is 2. The third-order valence-electron chi connectivity index (χ3n) is 5.91. The molecule has 0 saturated carbocycles. The first kappa shape index (κ1) is 31.5. The molecule has 0 spiro atoms. The smallest absolute Gasteiger partial charge is 0.244 e. The number of hydrogen-bond acceptors (Lipinski definition) is 6. The minimum atomic E-state index is -3.90. The second-order valence-corrected chi connectivity index (χ2v) is 11.4. The Balaban J connectivity index is 2.49. The number of methoxy groups -OCH3 is 2. The van der Waals surface area contributed by atoms with E-state index in [1.807, 2.05) is 6.92 Å². The topological polar surface area (TPSA) is 105 Å². The van der Waals surface area contributed by atoms with E-state index in [2.05, 4.69) is 5.32 Å². The van der Waals surface area contributed by atoms with Gasteiger partial charge in [0.2, 0.25) is 21.8 Å². The van der Waals surface area contributed by atoms with Crippen molar-refractivity contribution in [2.45, 2.75) is 45.7 Å². The molecule has 0 bridgehead atoms. The summed E-state index contributed by atoms with van der Waals surface area (Å²) in [5, 5.41) is 3.63. The van der Waals surface area contributed by atoms with Gasteiger partial charge in [-0.1, -0.05) is 49.5 Å². The highest BCUT2D eigenvalue weighted by Gasteiger charge is 2.32. The number of sulfonamides is 1. The van der Waals surface area contributed by atoms with Crippen molar-refractivity contribution in [1.82, 2.24) is 10.2 Å². The summed E-state index contributed by atoms with van der Waals surface area (Å²) in [7, 11) is -1.01. The van der Waals surface area contributed by atoms with E-state index in [1.165, 1.54) is 31.3 Å². The molecular formula is C26H35Cl2N3O6S. The van der Waals surface area contributed by atoms with Gasteiger partial charge in [0.25, 0.3) is 0 Å². The lowest BCUT2D eigenvalue weighted by molar-refractivity contribution is -0.140. The molecule has 0 aliphatic carbocycles. The Morgan fingerprint density at radius 1 is 1.03 bits per heavy atom. The Morgan fingerprint density at radius 3 is 2.26 bits per heavy atom. The highest BCUT2D eigenvalue weighted by molar-refractivity contribution is 7.92. The molecule has 0 aromatic heterocycles. The molecule has 2 rings (SSSR count). The molecule has 0 unspecified atom stereocenters. The van der Waals surface area contributed by atoms with E-state index in [4.69, 9.17) is 32.7 Å². The molecule has 2 amide bonds. The van der Waals surface area contributed by atoms with E-state index < -0.39 is 28.5 Å². The van der Waals surface area contributed by atoms with Crippen molar-refractivity contribution in [2.24, 2.45) is 0 Å². The number of hydrogen-bond donors (Lipinski definition) is 1. The van der Waals surface area contributed by atoms with Crippen LogP contribution in [0.3, 0.4) is 0 Å². The highest BCUT2D eigenvalue weighted by atomic mass is 35.5. The lowest BCUT2D eigenvalue weighted by atomic mass is 10.1. The summed E-state index contributed by atoms with van der Waals surface area (Å²) in [6.45, 7) is 3.71. The predicted molar refractivity (Wildman–Crippen MR) is 151 cm³/mol. The summed E-state index contributed by atoms with van der Waals surface area (Å²) in [6, 6.07) is 8.56. The molecule has 0 heterocycles. The lowest BCUT2D eigenvalue weighted by Crippen LogP contribution is -2.52. The molecule has 0 saturated heterocycles. The largest absolute Gasteiger partial charge is 0.493 e. The fraction of sp³-hybridized carbons (Fsp3) is 0.462. The van der Waals surface area contributed by atoms with E-state index in [0.29, 0.717) is 40.1 Å². The van der Waals surface area contributed by atoms with Crippen molar-refractivity contribution in [3.05, 3.63) is 52.0 Å². The standard InChI is InChI=1S/C26H35Cl2N3O6S/c1-6-8-13-29-26(33)22(7-2)30(16-18-9-10-19(27)14-21(18)28)25(32)17-31(38(5,34)35)20-11-12-23(36-3)24(15-20)37-4/h9-12,14-15,22H,6-8,13,16-17H2,1-5H3,(H,29,33)/t22-/m0/s1. The van der Waals surface area contributed by atoms with E-state index >= 15 is 0 Å². The maximum atomic E-state index is 13.8. The van der Waals surface area contributed by atoms with Crippen molar-refractivity contribution >= 4 is 50.7 Å². The summed E-state index contributed by atoms with van der Waals surface area (Å²) in [6.07, 6.45) is 3.01. The van der Waals surface area contributed by atoms with Crippen molar-refractivity contribution in [2.75, 3.05) is 37.9 Å². The number of nitrogens with one attached hydrogen (secondary N) is 1. The van der Waals surface area contributed by atoms with Gasteiger partial charge in [-0.15, -0.1) is 0 Å². The molecule has 2 aromatic rings. The first-order valence-electron chi connectivity index (χ1n) is 12.2. The lowest BCUT2D eigenvalue weighted by Gasteiger charge is -2.33. The Labute approximate surface area is 235 Å². The van der Waals surface area contributed by atoms with Gasteiger partial charge < -0.3 is 19.7 Å². The molecule has 0 aliphatic heterocycles. The van der Waals surface area contributed by atoms with E-state index in [1.54, 1.807) is 31.2 Å². The molecule has 1 atom stereocenters. The Morgan fingerprint density at radius 2 is 1.71 bits per heavy atom. The zero-order valence-corrected chi connectivity index (χ0v) is 24.6. The van der Waals surface area contributed by atoms with Gasteiger partial charge in [0, 0.05) is 29.2 Å². The Hall–Kier alpha value is -2.69. The van der Waals surface area contributed by atoms with Gasteiger partial charge in [-0.25, -0.2) is 8.42 Å². The van der Waals surface area contributed by atoms with Crippen LogP contribution < -0.4 is 19.1 Å². The zero-order valence-electron chi connectivity index (χ0n) is 22.3. The fourth-order valence-corrected chi connectivity index (χ4v) is 5.16. The monoisotopic (exact) mass is 587 g/mol. The second kappa shape index (κ2) is 14.5. The Kier molecular flexibility index (Phi) is 12.0. The van der Waals surface area contributed by atoms with Crippen LogP contribution in [0.1, 0.15) is 38.7 Å². The van der Waals surface area contributed by atoms with Gasteiger partial charge in [0.1, 0.15) is 12.6 Å². The van der Waals surface area contributed by atoms with E-state index in [-0.39, 0.29) is 18.1 Å². The van der Waals surface area contributed by atoms with E-state index in [9.17, 15) is 18.0 Å². The normalized spacial score (nSPS) is 12.0.